The third-order valence-electron chi connectivity index (χ3n) is 5.50. The molecule has 2 N–H and O–H groups in total. The summed E-state index contributed by atoms with van der Waals surface area (Å²) in [5, 5.41) is 12.9. The summed E-state index contributed by atoms with van der Waals surface area (Å²) < 4.78 is 17.8. The van der Waals surface area contributed by atoms with Crippen LogP contribution in [0.1, 0.15) is 37.4 Å². The van der Waals surface area contributed by atoms with Crippen molar-refractivity contribution in [3.05, 3.63) is 54.1 Å². The molecule has 2 heterocycles. The van der Waals surface area contributed by atoms with Crippen molar-refractivity contribution in [2.24, 2.45) is 5.92 Å². The van der Waals surface area contributed by atoms with Crippen molar-refractivity contribution in [1.82, 2.24) is 5.32 Å². The first-order valence-electron chi connectivity index (χ1n) is 10.2. The van der Waals surface area contributed by atoms with Gasteiger partial charge in [-0.3, -0.25) is 4.79 Å². The number of para-hydroxylation sites is 2. The maximum Gasteiger partial charge on any atom is 0.306 e. The second kappa shape index (κ2) is 9.18. The van der Waals surface area contributed by atoms with Crippen molar-refractivity contribution in [3.8, 4) is 17.2 Å². The third kappa shape index (κ3) is 5.21. The van der Waals surface area contributed by atoms with Crippen LogP contribution in [0.2, 0.25) is 0 Å². The summed E-state index contributed by atoms with van der Waals surface area (Å²) in [5.41, 5.74) is 0.837. The molecule has 154 valence electrons. The van der Waals surface area contributed by atoms with E-state index in [9.17, 15) is 9.90 Å². The lowest BCUT2D eigenvalue weighted by molar-refractivity contribution is -0.152. The van der Waals surface area contributed by atoms with Crippen molar-refractivity contribution in [1.29, 1.82) is 0 Å². The molecular weight excluding hydrogens is 370 g/mol. The molecule has 2 atom stereocenters. The first kappa shape index (κ1) is 19.6. The molecule has 2 aromatic rings. The number of ether oxygens (including phenoxy) is 3. The molecule has 6 heteroatoms. The molecule has 0 bridgehead atoms. The average molecular weight is 397 g/mol. The summed E-state index contributed by atoms with van der Waals surface area (Å²) in [6.07, 6.45) is 2.22. The molecule has 0 spiro atoms. The minimum Gasteiger partial charge on any atom is -0.508 e. The lowest BCUT2D eigenvalue weighted by Gasteiger charge is -2.30. The van der Waals surface area contributed by atoms with Crippen LogP contribution in [-0.2, 0) is 9.53 Å². The van der Waals surface area contributed by atoms with E-state index >= 15 is 0 Å². The van der Waals surface area contributed by atoms with Gasteiger partial charge in [0.2, 0.25) is 0 Å². The number of hydrogen-bond acceptors (Lipinski definition) is 6. The second-order valence-electron chi connectivity index (χ2n) is 7.70. The molecule has 0 saturated carbocycles. The summed E-state index contributed by atoms with van der Waals surface area (Å²) in [7, 11) is 0. The minimum atomic E-state index is -0.455. The van der Waals surface area contributed by atoms with Crippen LogP contribution in [-0.4, -0.2) is 36.9 Å². The van der Waals surface area contributed by atoms with E-state index in [0.29, 0.717) is 31.1 Å². The summed E-state index contributed by atoms with van der Waals surface area (Å²) >= 11 is 0. The number of fused-ring (bicyclic) bond motifs is 1. The molecule has 2 aliphatic heterocycles. The smallest absolute Gasteiger partial charge is 0.306 e. The second-order valence-corrected chi connectivity index (χ2v) is 7.70. The monoisotopic (exact) mass is 397 g/mol. The van der Waals surface area contributed by atoms with E-state index in [1.165, 1.54) is 0 Å². The Kier molecular flexibility index (Phi) is 6.20. The van der Waals surface area contributed by atoms with Crippen LogP contribution in [0.5, 0.6) is 17.2 Å². The third-order valence-corrected chi connectivity index (χ3v) is 5.50. The molecule has 2 unspecified atom stereocenters. The molecule has 6 nitrogen and oxygen atoms in total. The van der Waals surface area contributed by atoms with Crippen LogP contribution >= 0.6 is 0 Å². The standard InChI is InChI=1S/C23H27NO5/c25-18-7-5-17(6-8-18)22(29-23(26)13-16-9-11-24-12-10-16)14-19-15-27-20-3-1-2-4-21(20)28-19/h1-8,16,19,22,24-25H,9-15H2. The predicted molar refractivity (Wildman–Crippen MR) is 108 cm³/mol. The Bertz CT molecular complexity index is 816. The van der Waals surface area contributed by atoms with Gasteiger partial charge in [0.1, 0.15) is 24.6 Å². The number of nitrogens with one attached hydrogen (secondary N) is 1. The van der Waals surface area contributed by atoms with Crippen LogP contribution in [0.4, 0.5) is 0 Å². The van der Waals surface area contributed by atoms with Gasteiger partial charge in [-0.2, -0.15) is 0 Å². The zero-order valence-electron chi connectivity index (χ0n) is 16.4. The van der Waals surface area contributed by atoms with E-state index < -0.39 is 6.10 Å². The Hall–Kier alpha value is -2.73. The van der Waals surface area contributed by atoms with Crippen molar-refractivity contribution < 1.29 is 24.1 Å². The Balaban J connectivity index is 1.43. The van der Waals surface area contributed by atoms with Crippen LogP contribution in [0.15, 0.2) is 48.5 Å². The number of carbonyl (C=O) groups is 1. The molecule has 0 radical (unpaired) electrons. The summed E-state index contributed by atoms with van der Waals surface area (Å²) in [5.74, 6) is 1.79. The zero-order valence-corrected chi connectivity index (χ0v) is 16.4. The quantitative estimate of drug-likeness (QED) is 0.726. The van der Waals surface area contributed by atoms with Gasteiger partial charge in [-0.25, -0.2) is 0 Å². The molecule has 0 aromatic heterocycles. The summed E-state index contributed by atoms with van der Waals surface area (Å²) in [6.45, 7) is 2.30. The van der Waals surface area contributed by atoms with Crippen LogP contribution in [0, 0.1) is 5.92 Å². The topological polar surface area (TPSA) is 77.0 Å². The van der Waals surface area contributed by atoms with Gasteiger partial charge in [0.25, 0.3) is 0 Å². The highest BCUT2D eigenvalue weighted by Gasteiger charge is 2.28. The lowest BCUT2D eigenvalue weighted by Crippen LogP contribution is -2.32. The van der Waals surface area contributed by atoms with Gasteiger partial charge in [-0.1, -0.05) is 24.3 Å². The van der Waals surface area contributed by atoms with Gasteiger partial charge in [0.15, 0.2) is 11.5 Å². The van der Waals surface area contributed by atoms with Gasteiger partial charge < -0.3 is 24.6 Å². The lowest BCUT2D eigenvalue weighted by atomic mass is 9.94. The van der Waals surface area contributed by atoms with Crippen molar-refractivity contribution in [3.63, 3.8) is 0 Å². The van der Waals surface area contributed by atoms with Crippen molar-refractivity contribution in [2.75, 3.05) is 19.7 Å². The Morgan fingerprint density at radius 1 is 1.10 bits per heavy atom. The highest BCUT2D eigenvalue weighted by molar-refractivity contribution is 5.70. The van der Waals surface area contributed by atoms with Crippen LogP contribution in [0.3, 0.4) is 0 Å². The van der Waals surface area contributed by atoms with E-state index in [0.717, 1.165) is 37.2 Å². The zero-order chi connectivity index (χ0) is 20.1. The molecule has 0 amide bonds. The Labute approximate surface area is 170 Å². The number of piperidine rings is 1. The predicted octanol–water partition coefficient (Wildman–Crippen LogP) is 3.60. The van der Waals surface area contributed by atoms with E-state index in [2.05, 4.69) is 5.32 Å². The van der Waals surface area contributed by atoms with E-state index in [4.69, 9.17) is 14.2 Å². The molecule has 2 aromatic carbocycles. The van der Waals surface area contributed by atoms with Gasteiger partial charge in [-0.15, -0.1) is 0 Å². The molecule has 0 aliphatic carbocycles. The molecule has 4 rings (SSSR count). The number of carbonyl (C=O) groups excluding carboxylic acids is 1. The SMILES string of the molecule is O=C(CC1CCNCC1)OC(CC1COc2ccccc2O1)c1ccc(O)cc1. The fraction of sp³-hybridized carbons (Fsp3) is 0.435. The Morgan fingerprint density at radius 2 is 1.83 bits per heavy atom. The maximum absolute atomic E-state index is 12.6. The van der Waals surface area contributed by atoms with Crippen LogP contribution < -0.4 is 14.8 Å². The van der Waals surface area contributed by atoms with Gasteiger partial charge in [0.05, 0.1) is 0 Å². The number of hydrogen-bond donors (Lipinski definition) is 2. The van der Waals surface area contributed by atoms with Gasteiger partial charge in [0, 0.05) is 12.8 Å². The summed E-state index contributed by atoms with van der Waals surface area (Å²) in [6, 6.07) is 14.4. The number of aromatic hydroxyl groups is 1. The molecule has 2 aliphatic rings. The number of phenols is 1. The highest BCUT2D eigenvalue weighted by atomic mass is 16.6. The van der Waals surface area contributed by atoms with E-state index in [1.807, 2.05) is 24.3 Å². The van der Waals surface area contributed by atoms with Gasteiger partial charge in [-0.05, 0) is 61.7 Å². The number of phenolic OH excluding ortho intramolecular Hbond substituents is 1. The minimum absolute atomic E-state index is 0.180. The maximum atomic E-state index is 12.6. The first-order chi connectivity index (χ1) is 14.2. The Morgan fingerprint density at radius 3 is 2.59 bits per heavy atom. The first-order valence-corrected chi connectivity index (χ1v) is 10.2. The van der Waals surface area contributed by atoms with E-state index in [1.54, 1.807) is 24.3 Å². The van der Waals surface area contributed by atoms with Gasteiger partial charge >= 0.3 is 5.97 Å². The highest BCUT2D eigenvalue weighted by Crippen LogP contribution is 2.34. The molecule has 29 heavy (non-hydrogen) atoms. The molecule has 1 fully saturated rings. The number of benzene rings is 2. The van der Waals surface area contributed by atoms with Crippen molar-refractivity contribution >= 4 is 5.97 Å². The average Bonchev–Trinajstić information content (AvgIpc) is 2.74. The normalized spacial score (nSPS) is 20.1. The fourth-order valence-corrected chi connectivity index (χ4v) is 3.89. The van der Waals surface area contributed by atoms with E-state index in [-0.39, 0.29) is 17.8 Å². The number of rotatable bonds is 6. The van der Waals surface area contributed by atoms with Crippen LogP contribution in [0.25, 0.3) is 0 Å². The molecular formula is C23H27NO5. The largest absolute Gasteiger partial charge is 0.508 e. The molecule has 1 saturated heterocycles. The summed E-state index contributed by atoms with van der Waals surface area (Å²) in [4.78, 5) is 12.6. The number of esters is 1. The van der Waals surface area contributed by atoms with Crippen molar-refractivity contribution in [2.45, 2.75) is 37.9 Å². The fourth-order valence-electron chi connectivity index (χ4n) is 3.89.